The van der Waals surface area contributed by atoms with Crippen molar-refractivity contribution in [3.63, 3.8) is 0 Å². The highest BCUT2D eigenvalue weighted by Crippen LogP contribution is 2.40. The zero-order valence-corrected chi connectivity index (χ0v) is 19.8. The fourth-order valence-electron chi connectivity index (χ4n) is 3.86. The van der Waals surface area contributed by atoms with Gasteiger partial charge in [0.25, 0.3) is 0 Å². The summed E-state index contributed by atoms with van der Waals surface area (Å²) in [5.41, 5.74) is 4.73. The largest absolute Gasteiger partial charge is 0.465 e. The van der Waals surface area contributed by atoms with Gasteiger partial charge in [0.15, 0.2) is 5.58 Å². The molecule has 3 heterocycles. The van der Waals surface area contributed by atoms with E-state index in [9.17, 15) is 9.59 Å². The van der Waals surface area contributed by atoms with E-state index in [1.165, 1.54) is 18.4 Å². The highest BCUT2D eigenvalue weighted by atomic mass is 32.1. The molecule has 172 valence electrons. The molecule has 0 bridgehead atoms. The first-order valence-electron chi connectivity index (χ1n) is 10.6. The first-order chi connectivity index (χ1) is 16.4. The van der Waals surface area contributed by atoms with Crippen molar-refractivity contribution in [3.05, 3.63) is 64.5 Å². The monoisotopic (exact) mass is 475 g/mol. The van der Waals surface area contributed by atoms with Crippen molar-refractivity contribution >= 4 is 50.3 Å². The number of aryl methyl sites for hydroxylation is 3. The van der Waals surface area contributed by atoms with Gasteiger partial charge in [0.2, 0.25) is 11.8 Å². The molecule has 8 nitrogen and oxygen atoms in total. The Morgan fingerprint density at radius 3 is 2.65 bits per heavy atom. The third-order valence-corrected chi connectivity index (χ3v) is 6.78. The van der Waals surface area contributed by atoms with Crippen molar-refractivity contribution in [3.8, 4) is 10.6 Å². The number of anilines is 1. The molecule has 0 saturated heterocycles. The number of fused-ring (bicyclic) bond motifs is 2. The van der Waals surface area contributed by atoms with Gasteiger partial charge < -0.3 is 13.7 Å². The molecule has 2 aromatic carbocycles. The maximum absolute atomic E-state index is 13.0. The number of methoxy groups -OCH3 is 1. The summed E-state index contributed by atoms with van der Waals surface area (Å²) in [6, 6.07) is 11.5. The minimum atomic E-state index is -0.565. The van der Waals surface area contributed by atoms with Crippen LogP contribution in [0.15, 0.2) is 45.3 Å². The average Bonchev–Trinajstić information content (AvgIpc) is 3.49. The van der Waals surface area contributed by atoms with Crippen LogP contribution in [0.3, 0.4) is 0 Å². The topological polar surface area (TPSA) is 107 Å². The lowest BCUT2D eigenvalue weighted by Crippen LogP contribution is -2.15. The van der Waals surface area contributed by atoms with Crippen LogP contribution in [-0.2, 0) is 16.0 Å². The van der Waals surface area contributed by atoms with Gasteiger partial charge in [0, 0.05) is 5.39 Å². The second-order valence-corrected chi connectivity index (χ2v) is 9.03. The molecule has 5 aromatic rings. The number of carbonyl (C=O) groups excluding carboxylic acids is 2. The van der Waals surface area contributed by atoms with Crippen LogP contribution < -0.4 is 5.32 Å². The van der Waals surface area contributed by atoms with Gasteiger partial charge in [-0.1, -0.05) is 17.3 Å². The number of benzene rings is 2. The number of carbonyl (C=O) groups is 2. The summed E-state index contributed by atoms with van der Waals surface area (Å²) < 4.78 is 17.1. The maximum atomic E-state index is 13.0. The highest BCUT2D eigenvalue weighted by molar-refractivity contribution is 7.21. The minimum absolute atomic E-state index is 0.0257. The molecule has 0 spiro atoms. The van der Waals surface area contributed by atoms with Gasteiger partial charge in [0.05, 0.1) is 29.3 Å². The Morgan fingerprint density at radius 1 is 1.12 bits per heavy atom. The molecule has 1 N–H and O–H groups in total. The van der Waals surface area contributed by atoms with Crippen LogP contribution in [0.5, 0.6) is 0 Å². The van der Waals surface area contributed by atoms with Crippen LogP contribution >= 0.6 is 11.3 Å². The molecule has 0 aliphatic heterocycles. The number of thiazole rings is 1. The number of furan rings is 1. The molecular formula is C25H21N3O5S. The van der Waals surface area contributed by atoms with E-state index in [1.807, 2.05) is 50.2 Å². The predicted octanol–water partition coefficient (Wildman–Crippen LogP) is 5.59. The van der Waals surface area contributed by atoms with E-state index in [0.717, 1.165) is 26.7 Å². The number of aromatic nitrogens is 2. The fraction of sp³-hybridized carbons (Fsp3) is 0.200. The first-order valence-corrected chi connectivity index (χ1v) is 11.4. The van der Waals surface area contributed by atoms with E-state index in [2.05, 4.69) is 15.5 Å². The first kappa shape index (κ1) is 21.8. The fourth-order valence-corrected chi connectivity index (χ4v) is 4.87. The van der Waals surface area contributed by atoms with Crippen molar-refractivity contribution in [1.29, 1.82) is 0 Å². The number of nitrogens with one attached hydrogen (secondary N) is 1. The molecule has 1 amide bonds. The van der Waals surface area contributed by atoms with E-state index in [4.69, 9.17) is 13.7 Å². The SMILES string of the molecule is COC(=O)c1c(C)oc(NC(=O)Cc2noc3cc(C)c(C)cc23)c1-c1nc2ccccc2s1. The van der Waals surface area contributed by atoms with Crippen molar-refractivity contribution < 1.29 is 23.3 Å². The Hall–Kier alpha value is -3.98. The summed E-state index contributed by atoms with van der Waals surface area (Å²) in [5.74, 6) is -0.457. The van der Waals surface area contributed by atoms with Crippen LogP contribution in [0.2, 0.25) is 0 Å². The van der Waals surface area contributed by atoms with Gasteiger partial charge in [-0.2, -0.15) is 0 Å². The molecule has 0 radical (unpaired) electrons. The lowest BCUT2D eigenvalue weighted by Gasteiger charge is -2.04. The van der Waals surface area contributed by atoms with Crippen molar-refractivity contribution in [2.24, 2.45) is 0 Å². The lowest BCUT2D eigenvalue weighted by atomic mass is 10.1. The average molecular weight is 476 g/mol. The van der Waals surface area contributed by atoms with Gasteiger partial charge in [-0.25, -0.2) is 9.78 Å². The molecule has 34 heavy (non-hydrogen) atoms. The van der Waals surface area contributed by atoms with Crippen molar-refractivity contribution in [2.45, 2.75) is 27.2 Å². The van der Waals surface area contributed by atoms with Crippen LogP contribution in [0, 0.1) is 20.8 Å². The highest BCUT2D eigenvalue weighted by Gasteiger charge is 2.29. The summed E-state index contributed by atoms with van der Waals surface area (Å²) >= 11 is 1.40. The minimum Gasteiger partial charge on any atom is -0.465 e. The Morgan fingerprint density at radius 2 is 1.88 bits per heavy atom. The number of nitrogens with zero attached hydrogens (tertiary/aromatic N) is 2. The van der Waals surface area contributed by atoms with Crippen LogP contribution in [0.25, 0.3) is 31.8 Å². The van der Waals surface area contributed by atoms with Crippen LogP contribution in [0.1, 0.15) is 32.9 Å². The van der Waals surface area contributed by atoms with Gasteiger partial charge in [0.1, 0.15) is 22.0 Å². The third-order valence-electron chi connectivity index (χ3n) is 5.72. The lowest BCUT2D eigenvalue weighted by molar-refractivity contribution is -0.115. The van der Waals surface area contributed by atoms with Gasteiger partial charge in [-0.05, 0) is 56.2 Å². The molecule has 3 aromatic heterocycles. The summed E-state index contributed by atoms with van der Waals surface area (Å²) in [4.78, 5) is 30.2. The molecule has 0 fully saturated rings. The zero-order valence-electron chi connectivity index (χ0n) is 19.0. The Bertz CT molecular complexity index is 1540. The summed E-state index contributed by atoms with van der Waals surface area (Å²) in [5, 5.41) is 8.21. The Labute approximate surface area is 198 Å². The third kappa shape index (κ3) is 3.73. The summed E-state index contributed by atoms with van der Waals surface area (Å²) in [6.07, 6.45) is -0.0257. The maximum Gasteiger partial charge on any atom is 0.342 e. The second-order valence-electron chi connectivity index (χ2n) is 8.00. The number of rotatable bonds is 5. The molecule has 0 saturated carbocycles. The molecule has 5 rings (SSSR count). The molecule has 0 aliphatic rings. The van der Waals surface area contributed by atoms with Crippen LogP contribution in [-0.4, -0.2) is 29.1 Å². The number of esters is 1. The Kier molecular flexibility index (Phi) is 5.41. The van der Waals surface area contributed by atoms with Crippen LogP contribution in [0.4, 0.5) is 5.88 Å². The standard InChI is InChI=1S/C25H21N3O5S/c1-12-9-15-17(28-33-18(15)10-13(12)2)11-20(29)27-23-22(21(14(3)32-23)25(30)31-4)24-26-16-7-5-6-8-19(16)34-24/h5-10H,11H2,1-4H3,(H,27,29). The van der Waals surface area contributed by atoms with Gasteiger partial charge >= 0.3 is 5.97 Å². The zero-order chi connectivity index (χ0) is 24.0. The summed E-state index contributed by atoms with van der Waals surface area (Å²) in [6.45, 7) is 5.64. The van der Waals surface area contributed by atoms with Crippen molar-refractivity contribution in [1.82, 2.24) is 10.1 Å². The van der Waals surface area contributed by atoms with Gasteiger partial charge in [-0.15, -0.1) is 11.3 Å². The second kappa shape index (κ2) is 8.42. The predicted molar refractivity (Wildman–Crippen MR) is 129 cm³/mol. The molecule has 0 unspecified atom stereocenters. The van der Waals surface area contributed by atoms with E-state index < -0.39 is 5.97 Å². The molecular weight excluding hydrogens is 454 g/mol. The summed E-state index contributed by atoms with van der Waals surface area (Å²) in [7, 11) is 1.30. The van der Waals surface area contributed by atoms with E-state index >= 15 is 0 Å². The van der Waals surface area contributed by atoms with E-state index in [0.29, 0.717) is 27.6 Å². The number of hydrogen-bond donors (Lipinski definition) is 1. The van der Waals surface area contributed by atoms with E-state index in [-0.39, 0.29) is 23.8 Å². The molecule has 9 heteroatoms. The van der Waals surface area contributed by atoms with Gasteiger partial charge in [-0.3, -0.25) is 10.1 Å². The number of hydrogen-bond acceptors (Lipinski definition) is 8. The number of ether oxygens (including phenoxy) is 1. The quantitative estimate of drug-likeness (QED) is 0.330. The Balaban J connectivity index is 1.52. The molecule has 0 atom stereocenters. The number of para-hydroxylation sites is 1. The normalized spacial score (nSPS) is 11.3. The van der Waals surface area contributed by atoms with Crippen molar-refractivity contribution in [2.75, 3.05) is 12.4 Å². The van der Waals surface area contributed by atoms with E-state index in [1.54, 1.807) is 6.92 Å². The number of amides is 1. The smallest absolute Gasteiger partial charge is 0.342 e. The molecule has 0 aliphatic carbocycles.